The second-order valence-electron chi connectivity index (χ2n) is 10.1. The molecule has 3 aliphatic rings. The molecule has 3 atom stereocenters. The van der Waals surface area contributed by atoms with Crippen LogP contribution >= 0.6 is 0 Å². The van der Waals surface area contributed by atoms with E-state index in [4.69, 9.17) is 8.85 Å². The molecule has 146 valence electrons. The molecule has 4 heteroatoms. The van der Waals surface area contributed by atoms with E-state index in [1.54, 1.807) is 0 Å². The van der Waals surface area contributed by atoms with E-state index in [1.165, 1.54) is 64.2 Å². The average molecular weight is 368 g/mol. The minimum Gasteiger partial charge on any atom is -0.386 e. The van der Waals surface area contributed by atoms with E-state index in [0.29, 0.717) is 5.54 Å². The number of fused-ring (bicyclic) bond motifs is 1. The first-order valence-electron chi connectivity index (χ1n) is 10.7. The SMILES string of the molecule is CO[Si](OC)(C1CCCC2CCCCC21)N1C(C)(C)CCCC1(C)C. The summed E-state index contributed by atoms with van der Waals surface area (Å²) in [6.45, 7) is 9.70. The molecule has 3 nitrogen and oxygen atoms in total. The third-order valence-corrected chi connectivity index (χ3v) is 12.4. The van der Waals surface area contributed by atoms with Crippen molar-refractivity contribution in [3.8, 4) is 0 Å². The van der Waals surface area contributed by atoms with Crippen molar-refractivity contribution in [2.24, 2.45) is 11.8 Å². The summed E-state index contributed by atoms with van der Waals surface area (Å²) in [5.74, 6) is 1.74. The predicted octanol–water partition coefficient (Wildman–Crippen LogP) is 5.62. The lowest BCUT2D eigenvalue weighted by atomic mass is 9.70. The Morgan fingerprint density at radius 1 is 0.760 bits per heavy atom. The molecule has 0 amide bonds. The zero-order chi connectivity index (χ0) is 18.3. The third kappa shape index (κ3) is 3.37. The Morgan fingerprint density at radius 2 is 1.32 bits per heavy atom. The molecule has 2 saturated carbocycles. The quantitative estimate of drug-likeness (QED) is 0.602. The van der Waals surface area contributed by atoms with Gasteiger partial charge in [0.1, 0.15) is 0 Å². The van der Waals surface area contributed by atoms with Crippen LogP contribution in [0.3, 0.4) is 0 Å². The molecule has 1 saturated heterocycles. The van der Waals surface area contributed by atoms with Gasteiger partial charge < -0.3 is 8.85 Å². The van der Waals surface area contributed by atoms with Gasteiger partial charge in [-0.3, -0.25) is 4.57 Å². The Balaban J connectivity index is 2.02. The second-order valence-corrected chi connectivity index (χ2v) is 13.4. The van der Waals surface area contributed by atoms with E-state index in [-0.39, 0.29) is 11.1 Å². The highest BCUT2D eigenvalue weighted by Crippen LogP contribution is 2.55. The molecule has 1 heterocycles. The maximum atomic E-state index is 6.53. The third-order valence-electron chi connectivity index (χ3n) is 7.73. The molecule has 0 bridgehead atoms. The highest BCUT2D eigenvalue weighted by molar-refractivity contribution is 6.66. The maximum Gasteiger partial charge on any atom is 0.431 e. The number of hydrogen-bond donors (Lipinski definition) is 0. The zero-order valence-electron chi connectivity index (χ0n) is 17.6. The van der Waals surface area contributed by atoms with Crippen molar-refractivity contribution < 1.29 is 8.85 Å². The minimum atomic E-state index is -2.49. The van der Waals surface area contributed by atoms with Crippen molar-refractivity contribution in [3.05, 3.63) is 0 Å². The van der Waals surface area contributed by atoms with Gasteiger partial charge in [0.05, 0.1) is 0 Å². The van der Waals surface area contributed by atoms with Crippen LogP contribution in [0.25, 0.3) is 0 Å². The van der Waals surface area contributed by atoms with E-state index in [1.807, 2.05) is 14.2 Å². The molecule has 2 aliphatic carbocycles. The fourth-order valence-electron chi connectivity index (χ4n) is 6.97. The van der Waals surface area contributed by atoms with Crippen LogP contribution < -0.4 is 0 Å². The molecule has 1 aliphatic heterocycles. The van der Waals surface area contributed by atoms with Gasteiger partial charge in [-0.05, 0) is 71.6 Å². The van der Waals surface area contributed by atoms with Crippen LogP contribution in [0.2, 0.25) is 5.54 Å². The van der Waals surface area contributed by atoms with Crippen LogP contribution in [0.5, 0.6) is 0 Å². The summed E-state index contributed by atoms with van der Waals surface area (Å²) in [7, 11) is 1.41. The van der Waals surface area contributed by atoms with Gasteiger partial charge in [-0.15, -0.1) is 0 Å². The normalized spacial score (nSPS) is 36.0. The van der Waals surface area contributed by atoms with Crippen LogP contribution in [0, 0.1) is 11.8 Å². The molecule has 0 aromatic heterocycles. The standard InChI is InChI=1S/C21H41NO2Si/c1-20(2)15-10-16-21(3,4)22(20)25(23-5,24-6)19-14-9-12-17-11-7-8-13-18(17)19/h17-19H,7-16H2,1-6H3. The fraction of sp³-hybridized carbons (Fsp3) is 1.00. The highest BCUT2D eigenvalue weighted by atomic mass is 28.4. The summed E-state index contributed by atoms with van der Waals surface area (Å²) >= 11 is 0. The summed E-state index contributed by atoms with van der Waals surface area (Å²) in [6.07, 6.45) is 13.6. The van der Waals surface area contributed by atoms with Gasteiger partial charge in [0.2, 0.25) is 0 Å². The Labute approximate surface area is 157 Å². The first-order valence-corrected chi connectivity index (χ1v) is 12.5. The second kappa shape index (κ2) is 7.25. The van der Waals surface area contributed by atoms with Crippen LogP contribution in [0.15, 0.2) is 0 Å². The smallest absolute Gasteiger partial charge is 0.386 e. The first-order chi connectivity index (χ1) is 11.8. The summed E-state index contributed by atoms with van der Waals surface area (Å²) in [5, 5.41) is 0. The van der Waals surface area contributed by atoms with Crippen molar-refractivity contribution in [3.63, 3.8) is 0 Å². The summed E-state index contributed by atoms with van der Waals surface area (Å²) in [4.78, 5) is 0. The van der Waals surface area contributed by atoms with Gasteiger partial charge in [0, 0.05) is 30.8 Å². The maximum absolute atomic E-state index is 6.53. The molecule has 0 aromatic rings. The molecule has 3 unspecified atom stereocenters. The lowest BCUT2D eigenvalue weighted by Gasteiger charge is -2.61. The van der Waals surface area contributed by atoms with E-state index >= 15 is 0 Å². The van der Waals surface area contributed by atoms with E-state index in [0.717, 1.165) is 11.8 Å². The summed E-state index contributed by atoms with van der Waals surface area (Å²) < 4.78 is 15.8. The van der Waals surface area contributed by atoms with Crippen LogP contribution in [0.1, 0.15) is 91.9 Å². The summed E-state index contributed by atoms with van der Waals surface area (Å²) in [6, 6.07) is 0. The van der Waals surface area contributed by atoms with Gasteiger partial charge in [0.15, 0.2) is 0 Å². The van der Waals surface area contributed by atoms with Gasteiger partial charge in [-0.2, -0.15) is 0 Å². The van der Waals surface area contributed by atoms with Gasteiger partial charge >= 0.3 is 8.72 Å². The largest absolute Gasteiger partial charge is 0.431 e. The molecule has 25 heavy (non-hydrogen) atoms. The molecular formula is C21H41NO2Si. The molecule has 3 rings (SSSR count). The number of piperidine rings is 1. The summed E-state index contributed by atoms with van der Waals surface area (Å²) in [5.41, 5.74) is 0.932. The Hall–Kier alpha value is 0.0969. The molecular weight excluding hydrogens is 326 g/mol. The van der Waals surface area contributed by atoms with Crippen molar-refractivity contribution in [1.29, 1.82) is 0 Å². The minimum absolute atomic E-state index is 0.154. The lowest BCUT2D eigenvalue weighted by Crippen LogP contribution is -2.75. The average Bonchev–Trinajstić information content (AvgIpc) is 2.57. The van der Waals surface area contributed by atoms with E-state index in [2.05, 4.69) is 32.3 Å². The van der Waals surface area contributed by atoms with Crippen LogP contribution in [0.4, 0.5) is 0 Å². The molecule has 0 spiro atoms. The lowest BCUT2D eigenvalue weighted by molar-refractivity contribution is -0.0234. The Kier molecular flexibility index (Phi) is 5.76. The van der Waals surface area contributed by atoms with Crippen molar-refractivity contribution in [2.75, 3.05) is 14.2 Å². The highest BCUT2D eigenvalue weighted by Gasteiger charge is 2.63. The Bertz CT molecular complexity index is 443. The monoisotopic (exact) mass is 367 g/mol. The zero-order valence-corrected chi connectivity index (χ0v) is 18.6. The van der Waals surface area contributed by atoms with Gasteiger partial charge in [-0.25, -0.2) is 0 Å². The molecule has 0 N–H and O–H groups in total. The fourth-order valence-corrected chi connectivity index (χ4v) is 11.9. The van der Waals surface area contributed by atoms with Crippen molar-refractivity contribution in [1.82, 2.24) is 4.57 Å². The van der Waals surface area contributed by atoms with E-state index in [9.17, 15) is 0 Å². The first kappa shape index (κ1) is 19.8. The number of nitrogens with zero attached hydrogens (tertiary/aromatic N) is 1. The van der Waals surface area contributed by atoms with Gasteiger partial charge in [-0.1, -0.05) is 32.1 Å². The van der Waals surface area contributed by atoms with Crippen molar-refractivity contribution in [2.45, 2.75) is 109 Å². The predicted molar refractivity (Wildman–Crippen MR) is 107 cm³/mol. The van der Waals surface area contributed by atoms with E-state index < -0.39 is 8.72 Å². The molecule has 0 radical (unpaired) electrons. The number of hydrogen-bond acceptors (Lipinski definition) is 3. The Morgan fingerprint density at radius 3 is 1.92 bits per heavy atom. The van der Waals surface area contributed by atoms with Crippen molar-refractivity contribution >= 4 is 8.72 Å². The topological polar surface area (TPSA) is 21.7 Å². The molecule has 0 aromatic carbocycles. The number of rotatable bonds is 4. The van der Waals surface area contributed by atoms with Gasteiger partial charge in [0.25, 0.3) is 0 Å². The molecule has 3 fully saturated rings. The van der Waals surface area contributed by atoms with Crippen LogP contribution in [-0.2, 0) is 8.85 Å². The van der Waals surface area contributed by atoms with Crippen LogP contribution in [-0.4, -0.2) is 38.6 Å².